The van der Waals surface area contributed by atoms with Gasteiger partial charge in [0.25, 0.3) is 5.89 Å². The van der Waals surface area contributed by atoms with Crippen LogP contribution in [0.15, 0.2) is 45.4 Å². The zero-order chi connectivity index (χ0) is 16.7. The number of benzene rings is 1. The van der Waals surface area contributed by atoms with E-state index >= 15 is 0 Å². The van der Waals surface area contributed by atoms with Crippen molar-refractivity contribution in [3.8, 4) is 11.4 Å². The van der Waals surface area contributed by atoms with E-state index in [-0.39, 0.29) is 19.1 Å². The van der Waals surface area contributed by atoms with Crippen LogP contribution in [-0.2, 0) is 25.7 Å². The van der Waals surface area contributed by atoms with Gasteiger partial charge >= 0.3 is 11.9 Å². The molecule has 0 saturated heterocycles. The highest BCUT2D eigenvalue weighted by molar-refractivity contribution is 9.10. The molecule has 0 radical (unpaired) electrons. The number of aromatic nitrogens is 2. The van der Waals surface area contributed by atoms with Crippen molar-refractivity contribution in [1.29, 1.82) is 0 Å². The summed E-state index contributed by atoms with van der Waals surface area (Å²) in [5.74, 6) is -0.781. The molecule has 0 saturated carbocycles. The molecule has 0 aliphatic rings. The molecule has 0 atom stereocenters. The summed E-state index contributed by atoms with van der Waals surface area (Å²) in [6.07, 6.45) is 1.97. The molecule has 2 rings (SSSR count). The maximum Gasteiger partial charge on any atom is 0.331 e. The summed E-state index contributed by atoms with van der Waals surface area (Å²) in [7, 11) is 0. The third-order valence-electron chi connectivity index (χ3n) is 2.53. The Hall–Kier alpha value is -2.48. The van der Waals surface area contributed by atoms with E-state index in [0.717, 1.165) is 22.2 Å². The second-order valence-electron chi connectivity index (χ2n) is 4.22. The number of carbonyl (C=O) groups excluding carboxylic acids is 2. The van der Waals surface area contributed by atoms with E-state index in [4.69, 9.17) is 9.26 Å². The molecule has 120 valence electrons. The van der Waals surface area contributed by atoms with Gasteiger partial charge in [-0.25, -0.2) is 9.59 Å². The first kappa shape index (κ1) is 16.9. The molecule has 0 spiro atoms. The van der Waals surface area contributed by atoms with Crippen LogP contribution in [0.2, 0.25) is 0 Å². The van der Waals surface area contributed by atoms with Crippen LogP contribution in [0.1, 0.15) is 12.8 Å². The second kappa shape index (κ2) is 8.23. The summed E-state index contributed by atoms with van der Waals surface area (Å²) in [6, 6.07) is 7.38. The van der Waals surface area contributed by atoms with Gasteiger partial charge in [-0.05, 0) is 19.1 Å². The standard InChI is InChI=1S/C15H13BrN2O5/c1-2-21-13(19)6-7-14(20)22-9-12-17-15(18-23-12)10-4-3-5-11(16)8-10/h3-8H,2,9H2,1H3/b7-6+. The van der Waals surface area contributed by atoms with E-state index in [2.05, 4.69) is 30.8 Å². The Morgan fingerprint density at radius 3 is 2.70 bits per heavy atom. The molecule has 0 aliphatic carbocycles. The molecule has 0 bridgehead atoms. The monoisotopic (exact) mass is 380 g/mol. The molecular weight excluding hydrogens is 368 g/mol. The molecule has 0 fully saturated rings. The highest BCUT2D eigenvalue weighted by Gasteiger charge is 2.10. The van der Waals surface area contributed by atoms with Gasteiger partial charge in [0.1, 0.15) is 0 Å². The van der Waals surface area contributed by atoms with Crippen LogP contribution in [0, 0.1) is 0 Å². The molecule has 0 amide bonds. The lowest BCUT2D eigenvalue weighted by Crippen LogP contribution is -2.04. The average molecular weight is 381 g/mol. The Bertz CT molecular complexity index is 726. The zero-order valence-corrected chi connectivity index (χ0v) is 13.8. The van der Waals surface area contributed by atoms with Gasteiger partial charge in [-0.2, -0.15) is 4.98 Å². The van der Waals surface area contributed by atoms with Crippen LogP contribution in [0.25, 0.3) is 11.4 Å². The molecule has 0 unspecified atom stereocenters. The number of hydrogen-bond acceptors (Lipinski definition) is 7. The SMILES string of the molecule is CCOC(=O)/C=C/C(=O)OCc1nc(-c2cccc(Br)c2)no1. The number of carbonyl (C=O) groups is 2. The third-order valence-corrected chi connectivity index (χ3v) is 3.02. The predicted molar refractivity (Wildman–Crippen MR) is 83.0 cm³/mol. The van der Waals surface area contributed by atoms with E-state index in [1.165, 1.54) is 0 Å². The van der Waals surface area contributed by atoms with Crippen molar-refractivity contribution < 1.29 is 23.6 Å². The van der Waals surface area contributed by atoms with Crippen molar-refractivity contribution in [1.82, 2.24) is 10.1 Å². The molecule has 0 aliphatic heterocycles. The molecule has 2 aromatic rings. The second-order valence-corrected chi connectivity index (χ2v) is 5.13. The van der Waals surface area contributed by atoms with Crippen LogP contribution >= 0.6 is 15.9 Å². The Morgan fingerprint density at radius 1 is 1.26 bits per heavy atom. The van der Waals surface area contributed by atoms with E-state index < -0.39 is 11.9 Å². The van der Waals surface area contributed by atoms with E-state index in [0.29, 0.717) is 5.82 Å². The van der Waals surface area contributed by atoms with E-state index in [1.54, 1.807) is 6.92 Å². The Balaban J connectivity index is 1.90. The molecule has 8 heteroatoms. The molecular formula is C15H13BrN2O5. The lowest BCUT2D eigenvalue weighted by Gasteiger charge is -1.97. The van der Waals surface area contributed by atoms with Crippen LogP contribution in [0.4, 0.5) is 0 Å². The summed E-state index contributed by atoms with van der Waals surface area (Å²) in [5, 5.41) is 3.81. The number of rotatable bonds is 6. The van der Waals surface area contributed by atoms with Crippen molar-refractivity contribution in [2.24, 2.45) is 0 Å². The zero-order valence-electron chi connectivity index (χ0n) is 12.2. The lowest BCUT2D eigenvalue weighted by molar-refractivity contribution is -0.141. The molecule has 1 aromatic heterocycles. The predicted octanol–water partition coefficient (Wildman–Crippen LogP) is 2.66. The van der Waals surface area contributed by atoms with Gasteiger partial charge in [-0.3, -0.25) is 0 Å². The van der Waals surface area contributed by atoms with Gasteiger partial charge in [0.05, 0.1) is 6.61 Å². The van der Waals surface area contributed by atoms with Crippen molar-refractivity contribution in [3.05, 3.63) is 46.8 Å². The molecule has 1 aromatic carbocycles. The maximum atomic E-state index is 11.4. The first-order valence-electron chi connectivity index (χ1n) is 6.68. The summed E-state index contributed by atoms with van der Waals surface area (Å²) < 4.78 is 15.4. The van der Waals surface area contributed by atoms with Gasteiger partial charge in [0.15, 0.2) is 6.61 Å². The van der Waals surface area contributed by atoms with Crippen molar-refractivity contribution >= 4 is 27.9 Å². The largest absolute Gasteiger partial charge is 0.463 e. The Kier molecular flexibility index (Phi) is 6.04. The van der Waals surface area contributed by atoms with Crippen molar-refractivity contribution in [3.63, 3.8) is 0 Å². The Morgan fingerprint density at radius 2 is 2.00 bits per heavy atom. The Labute approximate surface area is 140 Å². The topological polar surface area (TPSA) is 91.5 Å². The molecule has 1 heterocycles. The highest BCUT2D eigenvalue weighted by Crippen LogP contribution is 2.20. The van der Waals surface area contributed by atoms with Gasteiger partial charge < -0.3 is 14.0 Å². The fourth-order valence-electron chi connectivity index (χ4n) is 1.57. The van der Waals surface area contributed by atoms with Crippen LogP contribution < -0.4 is 0 Å². The summed E-state index contributed by atoms with van der Waals surface area (Å²) in [4.78, 5) is 26.6. The van der Waals surface area contributed by atoms with E-state index in [1.807, 2.05) is 24.3 Å². The summed E-state index contributed by atoms with van der Waals surface area (Å²) in [6.45, 7) is 1.72. The summed E-state index contributed by atoms with van der Waals surface area (Å²) in [5.41, 5.74) is 0.767. The summed E-state index contributed by atoms with van der Waals surface area (Å²) >= 11 is 3.36. The van der Waals surface area contributed by atoms with E-state index in [9.17, 15) is 9.59 Å². The van der Waals surface area contributed by atoms with Crippen LogP contribution in [-0.4, -0.2) is 28.7 Å². The highest BCUT2D eigenvalue weighted by atomic mass is 79.9. The smallest absolute Gasteiger partial charge is 0.331 e. The normalized spacial score (nSPS) is 10.7. The number of nitrogens with zero attached hydrogens (tertiary/aromatic N) is 2. The quantitative estimate of drug-likeness (QED) is 0.561. The number of halogens is 1. The first-order chi connectivity index (χ1) is 11.1. The van der Waals surface area contributed by atoms with Crippen molar-refractivity contribution in [2.75, 3.05) is 6.61 Å². The third kappa shape index (κ3) is 5.33. The minimum absolute atomic E-state index is 0.151. The van der Waals surface area contributed by atoms with Gasteiger partial charge in [-0.15, -0.1) is 0 Å². The fourth-order valence-corrected chi connectivity index (χ4v) is 1.96. The van der Waals surface area contributed by atoms with Gasteiger partial charge in [-0.1, -0.05) is 33.2 Å². The average Bonchev–Trinajstić information content (AvgIpc) is 3.00. The molecule has 7 nitrogen and oxygen atoms in total. The van der Waals surface area contributed by atoms with Gasteiger partial charge in [0, 0.05) is 22.2 Å². The van der Waals surface area contributed by atoms with Crippen LogP contribution in [0.5, 0.6) is 0 Å². The minimum atomic E-state index is -0.708. The number of ether oxygens (including phenoxy) is 2. The minimum Gasteiger partial charge on any atom is -0.463 e. The lowest BCUT2D eigenvalue weighted by atomic mass is 10.2. The first-order valence-corrected chi connectivity index (χ1v) is 7.48. The van der Waals surface area contributed by atoms with Gasteiger partial charge in [0.2, 0.25) is 5.82 Å². The molecule has 23 heavy (non-hydrogen) atoms. The maximum absolute atomic E-state index is 11.4. The van der Waals surface area contributed by atoms with Crippen LogP contribution in [0.3, 0.4) is 0 Å². The number of esters is 2. The molecule has 0 N–H and O–H groups in total. The number of hydrogen-bond donors (Lipinski definition) is 0. The fraction of sp³-hybridized carbons (Fsp3) is 0.200. The van der Waals surface area contributed by atoms with Crippen molar-refractivity contribution in [2.45, 2.75) is 13.5 Å².